The highest BCUT2D eigenvalue weighted by Crippen LogP contribution is 2.27. The number of hydrogen-bond donors (Lipinski definition) is 1. The van der Waals surface area contributed by atoms with Gasteiger partial charge in [-0.2, -0.15) is 0 Å². The third-order valence-electron chi connectivity index (χ3n) is 5.89. The van der Waals surface area contributed by atoms with Gasteiger partial charge in [0.2, 0.25) is 5.76 Å². The fourth-order valence-corrected chi connectivity index (χ4v) is 4.10. The number of benzene rings is 2. The van der Waals surface area contributed by atoms with Crippen LogP contribution in [0.15, 0.2) is 76.9 Å². The highest BCUT2D eigenvalue weighted by molar-refractivity contribution is 6.39. The first kappa shape index (κ1) is 22.9. The molecule has 3 heterocycles. The Balaban J connectivity index is 1.53. The first-order valence-electron chi connectivity index (χ1n) is 11.1. The minimum absolute atomic E-state index is 0.0941. The topological polar surface area (TPSA) is 111 Å². The zero-order valence-electron chi connectivity index (χ0n) is 19.5. The molecule has 1 aliphatic rings. The van der Waals surface area contributed by atoms with Crippen LogP contribution in [0.4, 0.5) is 10.5 Å². The van der Waals surface area contributed by atoms with Gasteiger partial charge in [-0.25, -0.2) is 14.5 Å². The standard InChI is InChI=1S/C27H21N3O6/c1-16-7-9-18(10-8-16)30-25(32)21(24(31)28-27(30)34)13-17-14-29(22-6-4-3-5-20(17)22)15-19-11-12-23(36-19)26(33)35-2/h3-14H,15H2,1-2H3,(H,28,31,34)/b21-13+. The first-order chi connectivity index (χ1) is 17.4. The number of carbonyl (C=O) groups excluding carboxylic acids is 4. The van der Waals surface area contributed by atoms with E-state index < -0.39 is 23.8 Å². The number of methoxy groups -OCH3 is 1. The number of aryl methyl sites for hydroxylation is 1. The molecule has 0 radical (unpaired) electrons. The Bertz CT molecular complexity index is 1560. The molecule has 2 aromatic heterocycles. The lowest BCUT2D eigenvalue weighted by molar-refractivity contribution is -0.122. The lowest BCUT2D eigenvalue weighted by Crippen LogP contribution is -2.54. The molecule has 0 unspecified atom stereocenters. The van der Waals surface area contributed by atoms with Gasteiger partial charge in [0.1, 0.15) is 11.3 Å². The first-order valence-corrected chi connectivity index (χ1v) is 11.1. The van der Waals surface area contributed by atoms with Crippen molar-refractivity contribution in [1.29, 1.82) is 0 Å². The minimum atomic E-state index is -0.798. The van der Waals surface area contributed by atoms with Crippen LogP contribution < -0.4 is 10.2 Å². The Morgan fingerprint density at radius 2 is 1.78 bits per heavy atom. The number of furan rings is 1. The van der Waals surface area contributed by atoms with Crippen LogP contribution in [0, 0.1) is 6.92 Å². The molecule has 9 heteroatoms. The van der Waals surface area contributed by atoms with Crippen LogP contribution in [-0.4, -0.2) is 35.5 Å². The van der Waals surface area contributed by atoms with E-state index in [1.54, 1.807) is 36.5 Å². The van der Waals surface area contributed by atoms with Crippen molar-refractivity contribution in [2.45, 2.75) is 13.5 Å². The second-order valence-electron chi connectivity index (χ2n) is 8.28. The summed E-state index contributed by atoms with van der Waals surface area (Å²) in [5.41, 5.74) is 2.61. The SMILES string of the molecule is COC(=O)c1ccc(Cn2cc(/C=C3\C(=O)NC(=O)N(c4ccc(C)cc4)C3=O)c3ccccc32)o1. The molecule has 5 rings (SSSR count). The van der Waals surface area contributed by atoms with Crippen LogP contribution in [0.5, 0.6) is 0 Å². The molecule has 0 atom stereocenters. The number of ether oxygens (including phenoxy) is 1. The van der Waals surface area contributed by atoms with Crippen molar-refractivity contribution in [2.24, 2.45) is 0 Å². The maximum atomic E-state index is 13.3. The van der Waals surface area contributed by atoms with Crippen molar-refractivity contribution in [3.63, 3.8) is 0 Å². The van der Waals surface area contributed by atoms with E-state index in [0.717, 1.165) is 21.4 Å². The van der Waals surface area contributed by atoms with E-state index in [-0.39, 0.29) is 11.3 Å². The molecule has 0 aliphatic carbocycles. The Labute approximate surface area is 205 Å². The van der Waals surface area contributed by atoms with Crippen LogP contribution in [-0.2, 0) is 20.9 Å². The second-order valence-corrected chi connectivity index (χ2v) is 8.28. The average molecular weight is 483 g/mol. The number of fused-ring (bicyclic) bond motifs is 1. The van der Waals surface area contributed by atoms with Crippen LogP contribution >= 0.6 is 0 Å². The molecule has 1 fully saturated rings. The van der Waals surface area contributed by atoms with Gasteiger partial charge in [-0.05, 0) is 43.3 Å². The zero-order chi connectivity index (χ0) is 25.4. The summed E-state index contributed by atoms with van der Waals surface area (Å²) in [5, 5.41) is 3.05. The molecule has 1 saturated heterocycles. The molecule has 180 valence electrons. The van der Waals surface area contributed by atoms with E-state index >= 15 is 0 Å². The van der Waals surface area contributed by atoms with Crippen molar-refractivity contribution in [3.05, 3.63) is 95.1 Å². The molecule has 4 aromatic rings. The quantitative estimate of drug-likeness (QED) is 0.261. The van der Waals surface area contributed by atoms with Gasteiger partial charge >= 0.3 is 12.0 Å². The smallest absolute Gasteiger partial charge is 0.373 e. The predicted molar refractivity (Wildman–Crippen MR) is 131 cm³/mol. The van der Waals surface area contributed by atoms with Crippen molar-refractivity contribution in [1.82, 2.24) is 9.88 Å². The number of aromatic nitrogens is 1. The number of urea groups is 1. The summed E-state index contributed by atoms with van der Waals surface area (Å²) in [6, 6.07) is 16.8. The van der Waals surface area contributed by atoms with E-state index in [1.165, 1.54) is 19.3 Å². The number of anilines is 1. The van der Waals surface area contributed by atoms with Gasteiger partial charge in [0, 0.05) is 22.7 Å². The van der Waals surface area contributed by atoms with Crippen molar-refractivity contribution >= 4 is 46.5 Å². The van der Waals surface area contributed by atoms with Crippen LogP contribution in [0.3, 0.4) is 0 Å². The van der Waals surface area contributed by atoms with E-state index in [4.69, 9.17) is 4.42 Å². The molecule has 4 amide bonds. The van der Waals surface area contributed by atoms with Gasteiger partial charge in [0.25, 0.3) is 11.8 Å². The summed E-state index contributed by atoms with van der Waals surface area (Å²) in [6.45, 7) is 2.19. The summed E-state index contributed by atoms with van der Waals surface area (Å²) >= 11 is 0. The molecular weight excluding hydrogens is 462 g/mol. The van der Waals surface area contributed by atoms with Gasteiger partial charge in [-0.1, -0.05) is 35.9 Å². The van der Waals surface area contributed by atoms with E-state index in [2.05, 4.69) is 10.1 Å². The van der Waals surface area contributed by atoms with Gasteiger partial charge in [-0.15, -0.1) is 0 Å². The maximum Gasteiger partial charge on any atom is 0.373 e. The number of amides is 4. The number of barbiturate groups is 1. The van der Waals surface area contributed by atoms with Gasteiger partial charge < -0.3 is 13.7 Å². The number of nitrogens with one attached hydrogen (secondary N) is 1. The summed E-state index contributed by atoms with van der Waals surface area (Å²) in [7, 11) is 1.28. The normalized spacial score (nSPS) is 15.0. The fraction of sp³-hybridized carbons (Fsp3) is 0.111. The highest BCUT2D eigenvalue weighted by Gasteiger charge is 2.37. The lowest BCUT2D eigenvalue weighted by atomic mass is 10.1. The van der Waals surface area contributed by atoms with E-state index in [1.807, 2.05) is 35.8 Å². The number of para-hydroxylation sites is 1. The monoisotopic (exact) mass is 483 g/mol. The number of esters is 1. The highest BCUT2D eigenvalue weighted by atomic mass is 16.5. The molecule has 2 aromatic carbocycles. The van der Waals surface area contributed by atoms with E-state index in [0.29, 0.717) is 23.6 Å². The molecule has 9 nitrogen and oxygen atoms in total. The van der Waals surface area contributed by atoms with Crippen molar-refractivity contribution in [2.75, 3.05) is 12.0 Å². The van der Waals surface area contributed by atoms with Gasteiger partial charge in [-0.3, -0.25) is 14.9 Å². The molecule has 0 spiro atoms. The Morgan fingerprint density at radius 3 is 2.53 bits per heavy atom. The molecule has 36 heavy (non-hydrogen) atoms. The number of rotatable bonds is 5. The van der Waals surface area contributed by atoms with Crippen LogP contribution in [0.1, 0.15) is 27.4 Å². The fourth-order valence-electron chi connectivity index (χ4n) is 4.10. The van der Waals surface area contributed by atoms with Gasteiger partial charge in [0.15, 0.2) is 0 Å². The summed E-state index contributed by atoms with van der Waals surface area (Å²) < 4.78 is 12.2. The number of hydrogen-bond acceptors (Lipinski definition) is 6. The second kappa shape index (κ2) is 9.03. The van der Waals surface area contributed by atoms with Crippen molar-refractivity contribution < 1.29 is 28.3 Å². The lowest BCUT2D eigenvalue weighted by Gasteiger charge is -2.26. The van der Waals surface area contributed by atoms with Crippen LogP contribution in [0.2, 0.25) is 0 Å². The molecule has 0 bridgehead atoms. The molecule has 1 N–H and O–H groups in total. The molecular formula is C27H21N3O6. The van der Waals surface area contributed by atoms with Crippen LogP contribution in [0.25, 0.3) is 17.0 Å². The summed E-state index contributed by atoms with van der Waals surface area (Å²) in [5.74, 6) is -1.43. The zero-order valence-corrected chi connectivity index (χ0v) is 19.5. The molecule has 0 saturated carbocycles. The number of carbonyl (C=O) groups is 4. The average Bonchev–Trinajstić information content (AvgIpc) is 3.47. The molecule has 1 aliphatic heterocycles. The third-order valence-corrected chi connectivity index (χ3v) is 5.89. The Morgan fingerprint density at radius 1 is 1.03 bits per heavy atom. The number of imide groups is 2. The minimum Gasteiger partial charge on any atom is -0.463 e. The Kier molecular flexibility index (Phi) is 5.73. The summed E-state index contributed by atoms with van der Waals surface area (Å²) in [4.78, 5) is 51.1. The van der Waals surface area contributed by atoms with E-state index in [9.17, 15) is 19.2 Å². The van der Waals surface area contributed by atoms with Gasteiger partial charge in [0.05, 0.1) is 19.3 Å². The third kappa shape index (κ3) is 4.07. The largest absolute Gasteiger partial charge is 0.463 e. The number of nitrogens with zero attached hydrogens (tertiary/aromatic N) is 2. The summed E-state index contributed by atoms with van der Waals surface area (Å²) in [6.07, 6.45) is 3.26. The predicted octanol–water partition coefficient (Wildman–Crippen LogP) is 4.04. The van der Waals surface area contributed by atoms with Crippen molar-refractivity contribution in [3.8, 4) is 0 Å². The maximum absolute atomic E-state index is 13.3. The Hall–Kier alpha value is -4.92.